The van der Waals surface area contributed by atoms with Gasteiger partial charge in [-0.3, -0.25) is 10.1 Å². The van der Waals surface area contributed by atoms with Crippen LogP contribution in [0, 0.1) is 10.1 Å². The van der Waals surface area contributed by atoms with Crippen molar-refractivity contribution in [2.75, 3.05) is 19.0 Å². The zero-order valence-electron chi connectivity index (χ0n) is 16.3. The Morgan fingerprint density at radius 2 is 1.75 bits per heavy atom. The van der Waals surface area contributed by atoms with Gasteiger partial charge in [0.15, 0.2) is 6.04 Å². The summed E-state index contributed by atoms with van der Waals surface area (Å²) in [6, 6.07) is 13.8. The summed E-state index contributed by atoms with van der Waals surface area (Å²) in [6.07, 6.45) is 0.510. The second-order valence-electron chi connectivity index (χ2n) is 6.30. The summed E-state index contributed by atoms with van der Waals surface area (Å²) in [5.41, 5.74) is 1.39. The minimum Gasteiger partial charge on any atom is -0.497 e. The number of esters is 1. The van der Waals surface area contributed by atoms with Crippen LogP contribution in [0.25, 0.3) is 0 Å². The lowest BCUT2D eigenvalue weighted by atomic mass is 9.85. The summed E-state index contributed by atoms with van der Waals surface area (Å²) in [5, 5.41) is 15.1. The fourth-order valence-electron chi connectivity index (χ4n) is 3.26. The van der Waals surface area contributed by atoms with E-state index in [1.807, 2.05) is 37.3 Å². The van der Waals surface area contributed by atoms with Gasteiger partial charge in [0.2, 0.25) is 6.04 Å². The number of nitro groups is 1. The molecule has 2 rings (SSSR count). The van der Waals surface area contributed by atoms with Crippen LogP contribution in [0.3, 0.4) is 0 Å². The fraction of sp³-hybridized carbons (Fsp3) is 0.381. The van der Waals surface area contributed by atoms with E-state index in [0.717, 1.165) is 5.56 Å². The zero-order chi connectivity index (χ0) is 20.5. The fourth-order valence-corrected chi connectivity index (χ4v) is 3.26. The minimum absolute atomic E-state index is 0.145. The van der Waals surface area contributed by atoms with Crippen molar-refractivity contribution >= 4 is 11.7 Å². The second-order valence-corrected chi connectivity index (χ2v) is 6.30. The summed E-state index contributed by atoms with van der Waals surface area (Å²) in [7, 11) is 1.55. The van der Waals surface area contributed by atoms with Gasteiger partial charge in [-0.05, 0) is 43.2 Å². The number of hydrogen-bond acceptors (Lipinski definition) is 6. The molecule has 150 valence electrons. The molecule has 0 aliphatic heterocycles. The Labute approximate surface area is 164 Å². The molecule has 2 aromatic rings. The molecule has 0 radical (unpaired) electrons. The van der Waals surface area contributed by atoms with E-state index in [1.54, 1.807) is 38.3 Å². The second kappa shape index (κ2) is 10.3. The number of rotatable bonds is 10. The number of benzene rings is 2. The summed E-state index contributed by atoms with van der Waals surface area (Å²) < 4.78 is 10.3. The molecule has 0 aliphatic rings. The Balaban J connectivity index is 2.41. The van der Waals surface area contributed by atoms with E-state index < -0.39 is 24.0 Å². The molecule has 0 bridgehead atoms. The average molecular weight is 386 g/mol. The first-order valence-corrected chi connectivity index (χ1v) is 9.27. The van der Waals surface area contributed by atoms with E-state index in [2.05, 4.69) is 5.32 Å². The summed E-state index contributed by atoms with van der Waals surface area (Å²) in [5.74, 6) is -0.439. The predicted octanol–water partition coefficient (Wildman–Crippen LogP) is 3.88. The van der Waals surface area contributed by atoms with Crippen LogP contribution in [0.15, 0.2) is 54.6 Å². The van der Waals surface area contributed by atoms with Gasteiger partial charge in [0.05, 0.1) is 19.6 Å². The normalized spacial score (nSPS) is 13.8. The Kier molecular flexibility index (Phi) is 7.80. The lowest BCUT2D eigenvalue weighted by Crippen LogP contribution is -2.49. The third-order valence-corrected chi connectivity index (χ3v) is 4.62. The van der Waals surface area contributed by atoms with Crippen molar-refractivity contribution in [1.82, 2.24) is 0 Å². The van der Waals surface area contributed by atoms with Gasteiger partial charge >= 0.3 is 5.97 Å². The molecule has 0 saturated carbocycles. The van der Waals surface area contributed by atoms with Crippen LogP contribution in [0.4, 0.5) is 5.69 Å². The van der Waals surface area contributed by atoms with Crippen LogP contribution in [-0.2, 0) is 9.53 Å². The Bertz CT molecular complexity index is 764. The molecule has 0 unspecified atom stereocenters. The first kappa shape index (κ1) is 21.2. The third-order valence-electron chi connectivity index (χ3n) is 4.62. The van der Waals surface area contributed by atoms with Crippen molar-refractivity contribution < 1.29 is 19.2 Å². The van der Waals surface area contributed by atoms with Gasteiger partial charge in [0.1, 0.15) is 5.75 Å². The van der Waals surface area contributed by atoms with Gasteiger partial charge < -0.3 is 14.8 Å². The highest BCUT2D eigenvalue weighted by molar-refractivity contribution is 5.80. The molecule has 28 heavy (non-hydrogen) atoms. The highest BCUT2D eigenvalue weighted by Crippen LogP contribution is 2.29. The zero-order valence-corrected chi connectivity index (χ0v) is 16.3. The van der Waals surface area contributed by atoms with E-state index in [9.17, 15) is 14.9 Å². The summed E-state index contributed by atoms with van der Waals surface area (Å²) >= 11 is 0. The predicted molar refractivity (Wildman–Crippen MR) is 107 cm³/mol. The standard InChI is InChI=1S/C21H26N2O5/c1-4-18(15-9-7-6-8-10-15)20(23(25)26)19(21(24)28-5-2)22-16-11-13-17(27-3)14-12-16/h6-14,18-20,22H,4-5H2,1-3H3/t18-,19+,20+/m0/s1. The Morgan fingerprint density at radius 1 is 1.11 bits per heavy atom. The van der Waals surface area contributed by atoms with Gasteiger partial charge in [-0.15, -0.1) is 0 Å². The number of nitrogens with one attached hydrogen (secondary N) is 1. The van der Waals surface area contributed by atoms with Crippen LogP contribution >= 0.6 is 0 Å². The first-order valence-electron chi connectivity index (χ1n) is 9.27. The minimum atomic E-state index is -1.19. The lowest BCUT2D eigenvalue weighted by Gasteiger charge is -2.27. The highest BCUT2D eigenvalue weighted by Gasteiger charge is 2.44. The number of hydrogen-bond donors (Lipinski definition) is 1. The smallest absolute Gasteiger partial charge is 0.335 e. The van der Waals surface area contributed by atoms with Crippen LogP contribution < -0.4 is 10.1 Å². The summed E-state index contributed by atoms with van der Waals surface area (Å²) in [4.78, 5) is 24.3. The molecule has 3 atom stereocenters. The van der Waals surface area contributed by atoms with Crippen molar-refractivity contribution in [3.8, 4) is 5.75 Å². The van der Waals surface area contributed by atoms with Crippen molar-refractivity contribution in [3.63, 3.8) is 0 Å². The quantitative estimate of drug-likeness (QED) is 0.379. The number of methoxy groups -OCH3 is 1. The van der Waals surface area contributed by atoms with Crippen molar-refractivity contribution in [1.29, 1.82) is 0 Å². The van der Waals surface area contributed by atoms with Crippen LogP contribution in [-0.4, -0.2) is 36.7 Å². The number of nitrogens with zero attached hydrogens (tertiary/aromatic N) is 1. The molecule has 0 aromatic heterocycles. The monoisotopic (exact) mass is 386 g/mol. The first-order chi connectivity index (χ1) is 13.5. The molecule has 0 heterocycles. The largest absolute Gasteiger partial charge is 0.497 e. The van der Waals surface area contributed by atoms with Gasteiger partial charge in [0, 0.05) is 10.6 Å². The van der Waals surface area contributed by atoms with E-state index in [0.29, 0.717) is 17.9 Å². The molecule has 0 spiro atoms. The molecule has 0 fully saturated rings. The number of carbonyl (C=O) groups is 1. The highest BCUT2D eigenvalue weighted by atomic mass is 16.6. The molecule has 7 heteroatoms. The number of carbonyl (C=O) groups excluding carboxylic acids is 1. The van der Waals surface area contributed by atoms with Gasteiger partial charge in [-0.1, -0.05) is 37.3 Å². The third kappa shape index (κ3) is 5.22. The van der Waals surface area contributed by atoms with Crippen LogP contribution in [0.5, 0.6) is 5.75 Å². The van der Waals surface area contributed by atoms with Crippen molar-refractivity contribution in [2.45, 2.75) is 38.3 Å². The van der Waals surface area contributed by atoms with E-state index in [-0.39, 0.29) is 11.5 Å². The number of anilines is 1. The molecule has 2 aromatic carbocycles. The van der Waals surface area contributed by atoms with Crippen molar-refractivity contribution in [3.05, 3.63) is 70.3 Å². The van der Waals surface area contributed by atoms with Gasteiger partial charge in [-0.2, -0.15) is 0 Å². The maximum absolute atomic E-state index is 12.7. The topological polar surface area (TPSA) is 90.7 Å². The molecule has 0 saturated heterocycles. The SMILES string of the molecule is CCOC(=O)[C@H](Nc1ccc(OC)cc1)[C@@H]([C@@H](CC)c1ccccc1)[N+](=O)[O-]. The molecule has 7 nitrogen and oxygen atoms in total. The van der Waals surface area contributed by atoms with Gasteiger partial charge in [-0.25, -0.2) is 4.79 Å². The molecule has 0 aliphatic carbocycles. The average Bonchev–Trinajstić information content (AvgIpc) is 2.71. The van der Waals surface area contributed by atoms with Gasteiger partial charge in [0.25, 0.3) is 0 Å². The Hall–Kier alpha value is -3.09. The van der Waals surface area contributed by atoms with E-state index in [4.69, 9.17) is 9.47 Å². The number of ether oxygens (including phenoxy) is 2. The maximum atomic E-state index is 12.7. The molecular formula is C21H26N2O5. The van der Waals surface area contributed by atoms with Crippen LogP contribution in [0.1, 0.15) is 31.7 Å². The molecular weight excluding hydrogens is 360 g/mol. The molecule has 0 amide bonds. The van der Waals surface area contributed by atoms with Crippen molar-refractivity contribution in [2.24, 2.45) is 0 Å². The maximum Gasteiger partial charge on any atom is 0.335 e. The molecule has 1 N–H and O–H groups in total. The Morgan fingerprint density at radius 3 is 2.25 bits per heavy atom. The lowest BCUT2D eigenvalue weighted by molar-refractivity contribution is -0.527. The van der Waals surface area contributed by atoms with E-state index >= 15 is 0 Å². The van der Waals surface area contributed by atoms with E-state index in [1.165, 1.54) is 0 Å². The van der Waals surface area contributed by atoms with Crippen LogP contribution in [0.2, 0.25) is 0 Å². The summed E-state index contributed by atoms with van der Waals surface area (Å²) in [6.45, 7) is 3.70.